The van der Waals surface area contributed by atoms with Gasteiger partial charge in [0.05, 0.1) is 16.8 Å². The van der Waals surface area contributed by atoms with Gasteiger partial charge in [0.15, 0.2) is 0 Å². The first-order valence-electron chi connectivity index (χ1n) is 5.80. The van der Waals surface area contributed by atoms with Crippen molar-refractivity contribution in [2.75, 3.05) is 11.1 Å². The minimum absolute atomic E-state index is 0.265. The molecule has 0 aliphatic heterocycles. The van der Waals surface area contributed by atoms with Crippen LogP contribution >= 0.6 is 22.9 Å². The molecule has 0 aromatic carbocycles. The number of nitrogens with zero attached hydrogens (tertiary/aromatic N) is 4. The Morgan fingerprint density at radius 2 is 2.15 bits per heavy atom. The number of nitrogens with two attached hydrogens (primary N) is 1. The third-order valence-corrected chi connectivity index (χ3v) is 4.83. The highest BCUT2D eigenvalue weighted by atomic mass is 32.1. The molecule has 3 N–H and O–H groups in total. The third kappa shape index (κ3) is 1.95. The summed E-state index contributed by atoms with van der Waals surface area (Å²) in [6.07, 6.45) is 0. The smallest absolute Gasteiger partial charge is 0.269 e. The maximum atomic E-state index is 12.3. The highest BCUT2D eigenvalue weighted by Gasteiger charge is 2.21. The van der Waals surface area contributed by atoms with Crippen LogP contribution in [0.5, 0.6) is 0 Å². The molecule has 20 heavy (non-hydrogen) atoms. The number of nitrogen functional groups attached to an aromatic ring is 1. The van der Waals surface area contributed by atoms with E-state index < -0.39 is 0 Å². The number of thiophene rings is 1. The Labute approximate surface area is 122 Å². The average Bonchev–Trinajstić information content (AvgIpc) is 3.00. The van der Waals surface area contributed by atoms with E-state index in [1.807, 2.05) is 14.0 Å². The normalized spacial score (nSPS) is 11.2. The van der Waals surface area contributed by atoms with Crippen molar-refractivity contribution in [3.63, 3.8) is 0 Å². The van der Waals surface area contributed by atoms with Crippen molar-refractivity contribution in [3.8, 4) is 0 Å². The van der Waals surface area contributed by atoms with Crippen LogP contribution in [0.3, 0.4) is 0 Å². The topological polar surface area (TPSA) is 98.7 Å². The molecule has 0 bridgehead atoms. The minimum atomic E-state index is -0.265. The number of anilines is 2. The lowest BCUT2D eigenvalue weighted by Gasteiger charge is -1.99. The van der Waals surface area contributed by atoms with Crippen molar-refractivity contribution in [1.29, 1.82) is 0 Å². The second-order valence-corrected chi connectivity index (χ2v) is 6.09. The van der Waals surface area contributed by atoms with Crippen LogP contribution < -0.4 is 11.1 Å². The zero-order chi connectivity index (χ0) is 14.4. The Morgan fingerprint density at radius 1 is 1.40 bits per heavy atom. The Kier molecular flexibility index (Phi) is 2.94. The summed E-state index contributed by atoms with van der Waals surface area (Å²) in [6.45, 7) is 3.65. The molecule has 104 valence electrons. The Morgan fingerprint density at radius 3 is 2.75 bits per heavy atom. The highest BCUT2D eigenvalue weighted by Crippen LogP contribution is 2.35. The first-order valence-corrected chi connectivity index (χ1v) is 7.39. The molecule has 9 heteroatoms. The summed E-state index contributed by atoms with van der Waals surface area (Å²) in [5.74, 6) is 0.369. The van der Waals surface area contributed by atoms with Crippen LogP contribution in [0.25, 0.3) is 10.2 Å². The number of carbonyl (C=O) groups is 1. The first-order chi connectivity index (χ1) is 9.47. The number of hydrogen-bond acceptors (Lipinski definition) is 7. The summed E-state index contributed by atoms with van der Waals surface area (Å²) < 4.78 is 5.75. The molecular weight excluding hydrogens is 296 g/mol. The van der Waals surface area contributed by atoms with E-state index in [0.29, 0.717) is 21.5 Å². The van der Waals surface area contributed by atoms with E-state index in [4.69, 9.17) is 5.73 Å². The third-order valence-electron chi connectivity index (χ3n) is 2.84. The van der Waals surface area contributed by atoms with Crippen LogP contribution in [0, 0.1) is 13.8 Å². The first kappa shape index (κ1) is 13.0. The fourth-order valence-corrected chi connectivity index (χ4v) is 3.65. The van der Waals surface area contributed by atoms with Gasteiger partial charge in [-0.25, -0.2) is 4.98 Å². The summed E-state index contributed by atoms with van der Waals surface area (Å²) >= 11 is 2.47. The van der Waals surface area contributed by atoms with E-state index in [0.717, 1.165) is 27.4 Å². The molecule has 0 aliphatic carbocycles. The number of aromatic nitrogens is 4. The molecule has 0 saturated heterocycles. The molecule has 3 aromatic rings. The van der Waals surface area contributed by atoms with E-state index in [9.17, 15) is 4.79 Å². The molecule has 0 unspecified atom stereocenters. The predicted octanol–water partition coefficient (Wildman–Crippen LogP) is 1.94. The summed E-state index contributed by atoms with van der Waals surface area (Å²) in [7, 11) is 1.83. The van der Waals surface area contributed by atoms with Crippen molar-refractivity contribution in [2.45, 2.75) is 13.8 Å². The second-order valence-electron chi connectivity index (χ2n) is 4.33. The number of rotatable bonds is 2. The molecule has 0 aliphatic rings. The van der Waals surface area contributed by atoms with E-state index in [-0.39, 0.29) is 5.91 Å². The molecule has 0 radical (unpaired) electrons. The lowest BCUT2D eigenvalue weighted by molar-refractivity contribution is 0.103. The average molecular weight is 308 g/mol. The summed E-state index contributed by atoms with van der Waals surface area (Å²) in [5.41, 5.74) is 7.36. The van der Waals surface area contributed by atoms with Crippen LogP contribution in [0.15, 0.2) is 0 Å². The Hall–Kier alpha value is -2.00. The second kappa shape index (κ2) is 4.53. The van der Waals surface area contributed by atoms with Gasteiger partial charge < -0.3 is 5.73 Å². The van der Waals surface area contributed by atoms with Gasteiger partial charge in [-0.2, -0.15) is 9.47 Å². The maximum Gasteiger partial charge on any atom is 0.269 e. The van der Waals surface area contributed by atoms with Crippen LogP contribution in [-0.2, 0) is 7.05 Å². The van der Waals surface area contributed by atoms with Crippen LogP contribution in [0.2, 0.25) is 0 Å². The van der Waals surface area contributed by atoms with Crippen molar-refractivity contribution in [2.24, 2.45) is 7.05 Å². The fourth-order valence-electron chi connectivity index (χ4n) is 2.00. The van der Waals surface area contributed by atoms with Crippen molar-refractivity contribution < 1.29 is 4.79 Å². The fraction of sp³-hybridized carbons (Fsp3) is 0.273. The lowest BCUT2D eigenvalue weighted by Crippen LogP contribution is -2.11. The van der Waals surface area contributed by atoms with Gasteiger partial charge in [0.25, 0.3) is 5.91 Å². The Bertz CT molecular complexity index is 814. The number of amides is 1. The molecule has 0 atom stereocenters. The van der Waals surface area contributed by atoms with Crippen molar-refractivity contribution in [3.05, 3.63) is 16.4 Å². The molecule has 0 saturated carbocycles. The number of fused-ring (bicyclic) bond motifs is 1. The molecular formula is C11H12N6OS2. The summed E-state index contributed by atoms with van der Waals surface area (Å²) in [4.78, 5) is 17.7. The highest BCUT2D eigenvalue weighted by molar-refractivity contribution is 7.21. The largest absolute Gasteiger partial charge is 0.397 e. The zero-order valence-corrected chi connectivity index (χ0v) is 12.7. The van der Waals surface area contributed by atoms with Crippen molar-refractivity contribution >= 4 is 49.8 Å². The van der Waals surface area contributed by atoms with Gasteiger partial charge >= 0.3 is 0 Å². The van der Waals surface area contributed by atoms with Gasteiger partial charge in [-0.05, 0) is 13.8 Å². The number of hydrogen-bond donors (Lipinski definition) is 2. The van der Waals surface area contributed by atoms with Gasteiger partial charge in [0.1, 0.15) is 15.5 Å². The summed E-state index contributed by atoms with van der Waals surface area (Å²) in [6, 6.07) is 0. The molecule has 1 amide bonds. The standard InChI is InChI=1S/C11H12N6OS2/c1-4-6-7(12)8(19-10(6)17(3)15-4)9(18)14-11-13-5(2)16-20-11/h12H2,1-3H3,(H,13,14,16,18). The SMILES string of the molecule is Cc1nsc(NC(=O)c2sc3c(c(C)nn3C)c2N)n1. The van der Waals surface area contributed by atoms with Gasteiger partial charge in [-0.15, -0.1) is 11.3 Å². The molecule has 0 fully saturated rings. The van der Waals surface area contributed by atoms with E-state index >= 15 is 0 Å². The molecule has 7 nitrogen and oxygen atoms in total. The van der Waals surface area contributed by atoms with Crippen molar-refractivity contribution in [1.82, 2.24) is 19.1 Å². The quantitative estimate of drug-likeness (QED) is 0.753. The van der Waals surface area contributed by atoms with Crippen LogP contribution in [-0.4, -0.2) is 25.0 Å². The lowest BCUT2D eigenvalue weighted by atomic mass is 10.2. The van der Waals surface area contributed by atoms with Crippen LogP contribution in [0.4, 0.5) is 10.8 Å². The molecule has 0 spiro atoms. The van der Waals surface area contributed by atoms with Gasteiger partial charge in [-0.1, -0.05) is 0 Å². The maximum absolute atomic E-state index is 12.3. The van der Waals surface area contributed by atoms with E-state index in [2.05, 4.69) is 19.8 Å². The minimum Gasteiger partial charge on any atom is -0.397 e. The number of carbonyl (C=O) groups excluding carboxylic acids is 1. The molecule has 3 aromatic heterocycles. The molecule has 3 heterocycles. The van der Waals surface area contributed by atoms with E-state index in [1.54, 1.807) is 11.6 Å². The van der Waals surface area contributed by atoms with Gasteiger partial charge in [-0.3, -0.25) is 14.8 Å². The number of nitrogens with one attached hydrogen (secondary N) is 1. The van der Waals surface area contributed by atoms with E-state index in [1.165, 1.54) is 11.3 Å². The Balaban J connectivity index is 1.99. The van der Waals surface area contributed by atoms with Gasteiger partial charge in [0.2, 0.25) is 5.13 Å². The number of aryl methyl sites for hydroxylation is 3. The predicted molar refractivity (Wildman–Crippen MR) is 80.3 cm³/mol. The monoisotopic (exact) mass is 308 g/mol. The summed E-state index contributed by atoms with van der Waals surface area (Å²) in [5, 5.41) is 8.33. The molecule has 3 rings (SSSR count). The van der Waals surface area contributed by atoms with Gasteiger partial charge in [0, 0.05) is 18.6 Å². The van der Waals surface area contributed by atoms with Crippen LogP contribution in [0.1, 0.15) is 21.2 Å². The zero-order valence-electron chi connectivity index (χ0n) is 11.1.